The summed E-state index contributed by atoms with van der Waals surface area (Å²) in [5.74, 6) is -0.00763. The van der Waals surface area contributed by atoms with Gasteiger partial charge in [0.25, 0.3) is 0 Å². The summed E-state index contributed by atoms with van der Waals surface area (Å²) in [6.45, 7) is 9.88. The van der Waals surface area contributed by atoms with Crippen molar-refractivity contribution in [1.29, 1.82) is 0 Å². The third kappa shape index (κ3) is 8.93. The highest BCUT2D eigenvalue weighted by Gasteiger charge is 2.36. The lowest BCUT2D eigenvalue weighted by Crippen LogP contribution is -2.36. The fraction of sp³-hybridized carbons (Fsp3) is 0.720. The smallest absolute Gasteiger partial charge is 0.406 e. The minimum Gasteiger partial charge on any atom is -0.462 e. The molecule has 3 rings (SSSR count). The number of nitrogens with one attached hydrogen (secondary N) is 1. The monoisotopic (exact) mass is 616 g/mol. The molecule has 1 aliphatic rings. The molecule has 2 unspecified atom stereocenters. The SMILES string of the molecule is CC(C)OC(=O)C(C)NP(=O)(OCCSC(=O)C(C)(C)CO)OCC[C@@H]1C[C@H](C)[C@H](n2cnc3c(N)ncnc32)O1. The second-order valence-corrected chi connectivity index (χ2v) is 13.7. The molecule has 14 nitrogen and oxygen atoms in total. The number of carbonyl (C=O) groups is 2. The minimum atomic E-state index is -3.98. The molecule has 0 saturated carbocycles. The van der Waals surface area contributed by atoms with Crippen molar-refractivity contribution >= 4 is 47.6 Å². The van der Waals surface area contributed by atoms with Gasteiger partial charge in [0.15, 0.2) is 16.6 Å². The number of hydrogen-bond donors (Lipinski definition) is 3. The van der Waals surface area contributed by atoms with E-state index in [1.54, 1.807) is 34.0 Å². The first-order chi connectivity index (χ1) is 19.3. The quantitative estimate of drug-likeness (QED) is 0.150. The van der Waals surface area contributed by atoms with Gasteiger partial charge < -0.3 is 20.3 Å². The van der Waals surface area contributed by atoms with Crippen molar-refractivity contribution in [1.82, 2.24) is 24.6 Å². The number of thioether (sulfide) groups is 1. The number of fused-ring (bicyclic) bond motifs is 1. The Morgan fingerprint density at radius 3 is 2.66 bits per heavy atom. The molecule has 1 fully saturated rings. The first kappa shape index (κ1) is 33.4. The van der Waals surface area contributed by atoms with Gasteiger partial charge >= 0.3 is 13.7 Å². The molecular formula is C25H41N6O8PS. The van der Waals surface area contributed by atoms with Crippen molar-refractivity contribution in [3.05, 3.63) is 12.7 Å². The summed E-state index contributed by atoms with van der Waals surface area (Å²) in [5, 5.41) is 11.8. The lowest BCUT2D eigenvalue weighted by atomic mass is 9.97. The zero-order valence-corrected chi connectivity index (χ0v) is 26.0. The van der Waals surface area contributed by atoms with Crippen LogP contribution in [-0.2, 0) is 32.7 Å². The van der Waals surface area contributed by atoms with Crippen molar-refractivity contribution in [2.75, 3.05) is 31.3 Å². The van der Waals surface area contributed by atoms with E-state index in [1.807, 2.05) is 4.57 Å². The molecule has 0 spiro atoms. The molecule has 1 saturated heterocycles. The van der Waals surface area contributed by atoms with Crippen LogP contribution in [-0.4, -0.2) is 79.5 Å². The number of hydrogen-bond acceptors (Lipinski definition) is 13. The van der Waals surface area contributed by atoms with E-state index in [0.29, 0.717) is 29.8 Å². The van der Waals surface area contributed by atoms with E-state index in [0.717, 1.165) is 11.8 Å². The standard InChI is InChI=1S/C25H41N6O8PS/c1-15(2)38-23(33)17(4)30-40(35,37-9-10-41-24(34)25(5,6)12-32)36-8-7-18-11-16(3)22(39-18)31-14-29-19-20(26)27-13-28-21(19)31/h13-18,22,32H,7-12H2,1-6H3,(H,30,35)(H2,26,27,28)/t16-,17?,18+,22+,40?/m0/s1. The Kier molecular flexibility index (Phi) is 11.7. The molecule has 4 N–H and O–H groups in total. The number of aliphatic hydroxyl groups excluding tert-OH is 1. The fourth-order valence-electron chi connectivity index (χ4n) is 4.09. The molecule has 230 valence electrons. The minimum absolute atomic E-state index is 0.0176. The lowest BCUT2D eigenvalue weighted by molar-refractivity contribution is -0.149. The van der Waals surface area contributed by atoms with Crippen LogP contribution < -0.4 is 10.8 Å². The normalized spacial score (nSPS) is 21.7. The number of anilines is 1. The van der Waals surface area contributed by atoms with Gasteiger partial charge in [-0.15, -0.1) is 0 Å². The molecule has 1 aliphatic heterocycles. The molecule has 3 heterocycles. The molecule has 0 amide bonds. The Morgan fingerprint density at radius 1 is 1.27 bits per heavy atom. The second-order valence-electron chi connectivity index (χ2n) is 10.9. The number of nitrogens with zero attached hydrogens (tertiary/aromatic N) is 4. The summed E-state index contributed by atoms with van der Waals surface area (Å²) in [4.78, 5) is 37.2. The van der Waals surface area contributed by atoms with Crippen LogP contribution in [0.5, 0.6) is 0 Å². The first-order valence-corrected chi connectivity index (χ1v) is 16.0. The average molecular weight is 617 g/mol. The highest BCUT2D eigenvalue weighted by molar-refractivity contribution is 8.13. The molecular weight excluding hydrogens is 575 g/mol. The molecule has 0 aliphatic carbocycles. The molecule has 0 aromatic carbocycles. The van der Waals surface area contributed by atoms with Crippen LogP contribution in [0.4, 0.5) is 5.82 Å². The molecule has 0 radical (unpaired) electrons. The maximum atomic E-state index is 13.6. The molecule has 41 heavy (non-hydrogen) atoms. The summed E-state index contributed by atoms with van der Waals surface area (Å²) in [7, 11) is -3.98. The van der Waals surface area contributed by atoms with Crippen LogP contribution in [0.2, 0.25) is 0 Å². The van der Waals surface area contributed by atoms with Gasteiger partial charge in [-0.3, -0.25) is 23.2 Å². The van der Waals surface area contributed by atoms with Crippen molar-refractivity contribution in [2.24, 2.45) is 11.3 Å². The zero-order valence-electron chi connectivity index (χ0n) is 24.3. The number of esters is 1. The fourth-order valence-corrected chi connectivity index (χ4v) is 6.50. The lowest BCUT2D eigenvalue weighted by Gasteiger charge is -2.24. The predicted molar refractivity (Wildman–Crippen MR) is 154 cm³/mol. The summed E-state index contributed by atoms with van der Waals surface area (Å²) in [5.41, 5.74) is 6.09. The number of nitrogen functional groups attached to an aromatic ring is 1. The van der Waals surface area contributed by atoms with Gasteiger partial charge in [-0.05, 0) is 47.5 Å². The number of nitrogens with two attached hydrogens (primary N) is 1. The zero-order chi connectivity index (χ0) is 30.4. The number of ether oxygens (including phenoxy) is 2. The second kappa shape index (κ2) is 14.4. The first-order valence-electron chi connectivity index (χ1n) is 13.5. The van der Waals surface area contributed by atoms with E-state index in [9.17, 15) is 19.3 Å². The third-order valence-electron chi connectivity index (χ3n) is 6.40. The predicted octanol–water partition coefficient (Wildman–Crippen LogP) is 3.07. The summed E-state index contributed by atoms with van der Waals surface area (Å²) in [6.07, 6.45) is 3.23. The Morgan fingerprint density at radius 2 is 1.98 bits per heavy atom. The van der Waals surface area contributed by atoms with Crippen molar-refractivity contribution < 1.29 is 37.8 Å². The van der Waals surface area contributed by atoms with Crippen LogP contribution in [0.15, 0.2) is 12.7 Å². The number of aromatic nitrogens is 4. The molecule has 2 aromatic heterocycles. The Labute approximate surface area is 244 Å². The third-order valence-corrected chi connectivity index (χ3v) is 9.33. The van der Waals surface area contributed by atoms with E-state index in [4.69, 9.17) is 24.3 Å². The van der Waals surface area contributed by atoms with Gasteiger partial charge in [-0.25, -0.2) is 24.6 Å². The Balaban J connectivity index is 1.59. The number of aliphatic hydroxyl groups is 1. The maximum absolute atomic E-state index is 13.6. The van der Waals surface area contributed by atoms with Crippen LogP contribution in [0.25, 0.3) is 11.2 Å². The van der Waals surface area contributed by atoms with E-state index in [-0.39, 0.29) is 55.0 Å². The van der Waals surface area contributed by atoms with E-state index < -0.39 is 25.2 Å². The van der Waals surface area contributed by atoms with Crippen LogP contribution in [0.3, 0.4) is 0 Å². The van der Waals surface area contributed by atoms with Gasteiger partial charge in [-0.2, -0.15) is 0 Å². The largest absolute Gasteiger partial charge is 0.462 e. The van der Waals surface area contributed by atoms with Crippen LogP contribution >= 0.6 is 19.5 Å². The van der Waals surface area contributed by atoms with E-state index in [2.05, 4.69) is 27.0 Å². The van der Waals surface area contributed by atoms with Gasteiger partial charge in [0, 0.05) is 11.7 Å². The van der Waals surface area contributed by atoms with Crippen molar-refractivity contribution in [3.8, 4) is 0 Å². The Hall–Kier alpha value is -2.13. The Bertz CT molecular complexity index is 1240. The number of rotatable bonds is 15. The summed E-state index contributed by atoms with van der Waals surface area (Å²) < 4.78 is 38.2. The molecule has 0 bridgehead atoms. The number of imidazole rings is 1. The maximum Gasteiger partial charge on any atom is 0.406 e. The van der Waals surface area contributed by atoms with Crippen molar-refractivity contribution in [2.45, 2.75) is 78.9 Å². The van der Waals surface area contributed by atoms with Gasteiger partial charge in [0.05, 0.1) is 43.8 Å². The molecule has 2 aromatic rings. The summed E-state index contributed by atoms with van der Waals surface area (Å²) in [6, 6.07) is -0.970. The topological polar surface area (TPSA) is 190 Å². The highest BCUT2D eigenvalue weighted by Crippen LogP contribution is 2.45. The van der Waals surface area contributed by atoms with E-state index in [1.165, 1.54) is 13.3 Å². The average Bonchev–Trinajstić information content (AvgIpc) is 3.49. The highest BCUT2D eigenvalue weighted by atomic mass is 32.2. The van der Waals surface area contributed by atoms with E-state index >= 15 is 0 Å². The summed E-state index contributed by atoms with van der Waals surface area (Å²) >= 11 is 0.963. The van der Waals surface area contributed by atoms with Crippen LogP contribution in [0, 0.1) is 11.3 Å². The van der Waals surface area contributed by atoms with Gasteiger partial charge in [0.1, 0.15) is 24.1 Å². The van der Waals surface area contributed by atoms with Crippen molar-refractivity contribution in [3.63, 3.8) is 0 Å². The van der Waals surface area contributed by atoms with Crippen LogP contribution in [0.1, 0.15) is 60.6 Å². The molecule has 16 heteroatoms. The number of carbonyl (C=O) groups excluding carboxylic acids is 2. The van der Waals surface area contributed by atoms with Gasteiger partial charge in [-0.1, -0.05) is 18.7 Å². The molecule has 5 atom stereocenters. The van der Waals surface area contributed by atoms with Gasteiger partial charge in [0.2, 0.25) is 0 Å².